The van der Waals surface area contributed by atoms with Gasteiger partial charge in [0.2, 0.25) is 5.91 Å². The molecule has 0 radical (unpaired) electrons. The molecule has 0 bridgehead atoms. The lowest BCUT2D eigenvalue weighted by molar-refractivity contribution is -0.113. The van der Waals surface area contributed by atoms with Crippen LogP contribution in [0.4, 0.5) is 5.69 Å². The SMILES string of the molecule is CS(=O)(=O)c1ccccc1NC(=O)CSc1ncnc2ccsc12. The number of para-hydroxylation sites is 1. The number of thioether (sulfide) groups is 1. The lowest BCUT2D eigenvalue weighted by atomic mass is 10.3. The summed E-state index contributed by atoms with van der Waals surface area (Å²) in [7, 11) is -3.41. The first-order valence-electron chi connectivity index (χ1n) is 6.85. The van der Waals surface area contributed by atoms with Crippen molar-refractivity contribution in [3.05, 3.63) is 42.0 Å². The van der Waals surface area contributed by atoms with Crippen molar-refractivity contribution in [2.45, 2.75) is 9.92 Å². The monoisotopic (exact) mass is 379 g/mol. The van der Waals surface area contributed by atoms with E-state index >= 15 is 0 Å². The van der Waals surface area contributed by atoms with E-state index in [9.17, 15) is 13.2 Å². The number of amides is 1. The minimum atomic E-state index is -3.41. The zero-order valence-electron chi connectivity index (χ0n) is 12.6. The molecule has 24 heavy (non-hydrogen) atoms. The highest BCUT2D eigenvalue weighted by Crippen LogP contribution is 2.29. The van der Waals surface area contributed by atoms with Gasteiger partial charge >= 0.3 is 0 Å². The molecule has 0 atom stereocenters. The molecule has 6 nitrogen and oxygen atoms in total. The largest absolute Gasteiger partial charge is 0.324 e. The molecule has 0 aliphatic rings. The molecular weight excluding hydrogens is 366 g/mol. The van der Waals surface area contributed by atoms with Gasteiger partial charge in [0.25, 0.3) is 0 Å². The number of hydrogen-bond donors (Lipinski definition) is 1. The molecule has 0 unspecified atom stereocenters. The Kier molecular flexibility index (Phi) is 4.83. The van der Waals surface area contributed by atoms with E-state index < -0.39 is 9.84 Å². The van der Waals surface area contributed by atoms with E-state index in [0.717, 1.165) is 21.5 Å². The first-order chi connectivity index (χ1) is 11.4. The summed E-state index contributed by atoms with van der Waals surface area (Å²) in [4.78, 5) is 20.6. The average Bonchev–Trinajstić information content (AvgIpc) is 3.01. The smallest absolute Gasteiger partial charge is 0.234 e. The van der Waals surface area contributed by atoms with E-state index in [2.05, 4.69) is 15.3 Å². The van der Waals surface area contributed by atoms with Crippen LogP contribution in [0.15, 0.2) is 52.0 Å². The average molecular weight is 379 g/mol. The minimum Gasteiger partial charge on any atom is -0.324 e. The molecule has 2 heterocycles. The Balaban J connectivity index is 1.72. The standard InChI is InChI=1S/C15H13N3O3S3/c1-24(20,21)12-5-3-2-4-10(12)18-13(19)8-23-15-14-11(6-7-22-14)16-9-17-15/h2-7,9H,8H2,1H3,(H,18,19). The molecule has 0 saturated heterocycles. The molecule has 2 aromatic heterocycles. The number of benzene rings is 1. The molecule has 0 saturated carbocycles. The molecular formula is C15H13N3O3S3. The van der Waals surface area contributed by atoms with Crippen molar-refractivity contribution in [2.75, 3.05) is 17.3 Å². The Hall–Kier alpha value is -1.97. The summed E-state index contributed by atoms with van der Waals surface area (Å²) in [6.07, 6.45) is 2.58. The van der Waals surface area contributed by atoms with Crippen molar-refractivity contribution < 1.29 is 13.2 Å². The van der Waals surface area contributed by atoms with Crippen LogP contribution in [0.2, 0.25) is 0 Å². The summed E-state index contributed by atoms with van der Waals surface area (Å²) in [5.74, 6) is -0.165. The third-order valence-corrected chi connectivity index (χ3v) is 6.30. The van der Waals surface area contributed by atoms with Gasteiger partial charge in [0.05, 0.1) is 26.6 Å². The molecule has 0 spiro atoms. The topological polar surface area (TPSA) is 89.0 Å². The van der Waals surface area contributed by atoms with Crippen molar-refractivity contribution in [3.8, 4) is 0 Å². The van der Waals surface area contributed by atoms with Crippen LogP contribution in [-0.4, -0.2) is 36.3 Å². The number of sulfone groups is 1. The van der Waals surface area contributed by atoms with Gasteiger partial charge in [-0.3, -0.25) is 4.79 Å². The summed E-state index contributed by atoms with van der Waals surface area (Å²) >= 11 is 2.81. The number of hydrogen-bond acceptors (Lipinski definition) is 7. The Morgan fingerprint density at radius 1 is 1.25 bits per heavy atom. The number of anilines is 1. The van der Waals surface area contributed by atoms with Gasteiger partial charge in [-0.25, -0.2) is 18.4 Å². The third kappa shape index (κ3) is 3.74. The van der Waals surface area contributed by atoms with Crippen LogP contribution in [-0.2, 0) is 14.6 Å². The number of nitrogens with zero attached hydrogens (tertiary/aromatic N) is 2. The van der Waals surface area contributed by atoms with E-state index in [0.29, 0.717) is 0 Å². The number of thiophene rings is 1. The van der Waals surface area contributed by atoms with Gasteiger partial charge in [0.1, 0.15) is 11.4 Å². The zero-order valence-corrected chi connectivity index (χ0v) is 15.0. The van der Waals surface area contributed by atoms with E-state index in [1.165, 1.54) is 35.5 Å². The second-order valence-electron chi connectivity index (χ2n) is 4.92. The van der Waals surface area contributed by atoms with Gasteiger partial charge in [-0.2, -0.15) is 0 Å². The molecule has 0 aliphatic carbocycles. The molecule has 0 fully saturated rings. The van der Waals surface area contributed by atoms with Gasteiger partial charge in [-0.15, -0.1) is 11.3 Å². The Labute approximate surface area is 147 Å². The molecule has 124 valence electrons. The zero-order chi connectivity index (χ0) is 17.2. The molecule has 1 amide bonds. The summed E-state index contributed by atoms with van der Waals surface area (Å²) in [6.45, 7) is 0. The van der Waals surface area contributed by atoms with Crippen LogP contribution >= 0.6 is 23.1 Å². The first kappa shape index (κ1) is 16.9. The van der Waals surface area contributed by atoms with E-state index in [1.807, 2.05) is 11.4 Å². The second-order valence-corrected chi connectivity index (χ2v) is 8.78. The fourth-order valence-electron chi connectivity index (χ4n) is 2.08. The molecule has 3 aromatic rings. The maximum Gasteiger partial charge on any atom is 0.234 e. The Bertz CT molecular complexity index is 999. The minimum absolute atomic E-state index is 0.103. The van der Waals surface area contributed by atoms with E-state index in [1.54, 1.807) is 18.2 Å². The van der Waals surface area contributed by atoms with Crippen molar-refractivity contribution in [2.24, 2.45) is 0 Å². The van der Waals surface area contributed by atoms with Crippen LogP contribution < -0.4 is 5.32 Å². The fraction of sp³-hybridized carbons (Fsp3) is 0.133. The van der Waals surface area contributed by atoms with Crippen LogP contribution in [0.25, 0.3) is 10.2 Å². The predicted molar refractivity (Wildman–Crippen MR) is 96.3 cm³/mol. The highest BCUT2D eigenvalue weighted by molar-refractivity contribution is 8.00. The number of nitrogens with one attached hydrogen (secondary N) is 1. The van der Waals surface area contributed by atoms with Crippen LogP contribution in [0.3, 0.4) is 0 Å². The van der Waals surface area contributed by atoms with Crippen LogP contribution in [0.5, 0.6) is 0 Å². The predicted octanol–water partition coefficient (Wildman–Crippen LogP) is 2.83. The lowest BCUT2D eigenvalue weighted by Gasteiger charge is -2.09. The van der Waals surface area contributed by atoms with Crippen LogP contribution in [0, 0.1) is 0 Å². The maximum atomic E-state index is 12.2. The first-order valence-corrected chi connectivity index (χ1v) is 10.6. The number of aromatic nitrogens is 2. The van der Waals surface area contributed by atoms with Gasteiger partial charge < -0.3 is 5.32 Å². The summed E-state index contributed by atoms with van der Waals surface area (Å²) in [5.41, 5.74) is 1.13. The lowest BCUT2D eigenvalue weighted by Crippen LogP contribution is -2.16. The van der Waals surface area contributed by atoms with E-state index in [4.69, 9.17) is 0 Å². The molecule has 1 aromatic carbocycles. The molecule has 3 rings (SSSR count). The molecule has 0 aliphatic heterocycles. The highest BCUT2D eigenvalue weighted by Gasteiger charge is 2.15. The normalized spacial score (nSPS) is 11.5. The van der Waals surface area contributed by atoms with Gasteiger partial charge in [-0.05, 0) is 23.6 Å². The summed E-state index contributed by atoms with van der Waals surface area (Å²) in [6, 6.07) is 8.24. The van der Waals surface area contributed by atoms with Crippen molar-refractivity contribution in [3.63, 3.8) is 0 Å². The number of carbonyl (C=O) groups is 1. The summed E-state index contributed by atoms with van der Waals surface area (Å²) in [5, 5.41) is 5.31. The van der Waals surface area contributed by atoms with Crippen molar-refractivity contribution >= 4 is 54.7 Å². The second kappa shape index (κ2) is 6.88. The third-order valence-electron chi connectivity index (χ3n) is 3.11. The van der Waals surface area contributed by atoms with Crippen molar-refractivity contribution in [1.82, 2.24) is 9.97 Å². The number of carbonyl (C=O) groups excluding carboxylic acids is 1. The van der Waals surface area contributed by atoms with Crippen molar-refractivity contribution in [1.29, 1.82) is 0 Å². The Morgan fingerprint density at radius 2 is 2.04 bits per heavy atom. The van der Waals surface area contributed by atoms with Gasteiger partial charge in [0.15, 0.2) is 9.84 Å². The maximum absolute atomic E-state index is 12.2. The number of rotatable bonds is 5. The summed E-state index contributed by atoms with van der Waals surface area (Å²) < 4.78 is 24.5. The Morgan fingerprint density at radius 3 is 2.83 bits per heavy atom. The molecule has 1 N–H and O–H groups in total. The quantitative estimate of drug-likeness (QED) is 0.542. The van der Waals surface area contributed by atoms with Crippen LogP contribution in [0.1, 0.15) is 0 Å². The number of fused-ring (bicyclic) bond motifs is 1. The van der Waals surface area contributed by atoms with E-state index in [-0.39, 0.29) is 22.2 Å². The van der Waals surface area contributed by atoms with Gasteiger partial charge in [-0.1, -0.05) is 23.9 Å². The highest BCUT2D eigenvalue weighted by atomic mass is 32.2. The van der Waals surface area contributed by atoms with Gasteiger partial charge in [0, 0.05) is 6.26 Å². The molecule has 9 heteroatoms. The fourth-order valence-corrected chi connectivity index (χ4v) is 4.67.